The molecule has 1 aliphatic rings. The van der Waals surface area contributed by atoms with Gasteiger partial charge in [0.2, 0.25) is 0 Å². The lowest BCUT2D eigenvalue weighted by molar-refractivity contribution is -0.116. The number of hydrogen-bond donors (Lipinski definition) is 1. The summed E-state index contributed by atoms with van der Waals surface area (Å²) in [6, 6.07) is 5.72. The molecule has 0 saturated carbocycles. The average Bonchev–Trinajstić information content (AvgIpc) is 2.60. The van der Waals surface area contributed by atoms with Crippen molar-refractivity contribution >= 4 is 5.78 Å². The van der Waals surface area contributed by atoms with E-state index in [2.05, 4.69) is 10.3 Å². The van der Waals surface area contributed by atoms with Crippen LogP contribution in [-0.4, -0.2) is 23.9 Å². The molecule has 0 aliphatic carbocycles. The number of carbonyl (C=O) groups excluding carboxylic acids is 1. The van der Waals surface area contributed by atoms with Gasteiger partial charge >= 0.3 is 0 Å². The topological polar surface area (TPSA) is 42.0 Å². The molecule has 3 nitrogen and oxygen atoms in total. The maximum atomic E-state index is 10.2. The van der Waals surface area contributed by atoms with E-state index in [0.29, 0.717) is 12.3 Å². The molecular formula is C9H12N2O. The summed E-state index contributed by atoms with van der Waals surface area (Å²) < 4.78 is 0. The van der Waals surface area contributed by atoms with Gasteiger partial charge in [-0.05, 0) is 12.1 Å². The first kappa shape index (κ1) is 8.87. The SMILES string of the molecule is O=C1CCNC1.c1ccncc1. The Balaban J connectivity index is 0.000000120. The molecule has 2 rings (SSSR count). The van der Waals surface area contributed by atoms with E-state index in [-0.39, 0.29) is 0 Å². The van der Waals surface area contributed by atoms with Crippen molar-refractivity contribution in [2.45, 2.75) is 6.42 Å². The van der Waals surface area contributed by atoms with Gasteiger partial charge in [0.25, 0.3) is 0 Å². The Morgan fingerprint density at radius 3 is 2.17 bits per heavy atom. The largest absolute Gasteiger partial charge is 0.310 e. The number of nitrogens with zero attached hydrogens (tertiary/aromatic N) is 1. The van der Waals surface area contributed by atoms with Crippen molar-refractivity contribution < 1.29 is 4.79 Å². The molecule has 0 amide bonds. The Morgan fingerprint density at radius 1 is 1.25 bits per heavy atom. The Labute approximate surface area is 71.8 Å². The van der Waals surface area contributed by atoms with E-state index < -0.39 is 0 Å². The van der Waals surface area contributed by atoms with E-state index in [4.69, 9.17) is 0 Å². The fourth-order valence-electron chi connectivity index (χ4n) is 0.857. The summed E-state index contributed by atoms with van der Waals surface area (Å²) in [5.74, 6) is 0.343. The van der Waals surface area contributed by atoms with Crippen LogP contribution in [0, 0.1) is 0 Å². The minimum atomic E-state index is 0.343. The predicted octanol–water partition coefficient (Wildman–Crippen LogP) is 0.630. The first-order valence-corrected chi connectivity index (χ1v) is 3.97. The molecule has 12 heavy (non-hydrogen) atoms. The van der Waals surface area contributed by atoms with Crippen LogP contribution >= 0.6 is 0 Å². The lowest BCUT2D eigenvalue weighted by atomic mass is 10.4. The van der Waals surface area contributed by atoms with E-state index in [0.717, 1.165) is 13.0 Å². The van der Waals surface area contributed by atoms with Crippen LogP contribution in [0.25, 0.3) is 0 Å². The van der Waals surface area contributed by atoms with Crippen molar-refractivity contribution in [3.8, 4) is 0 Å². The van der Waals surface area contributed by atoms with Crippen LogP contribution < -0.4 is 5.32 Å². The summed E-state index contributed by atoms with van der Waals surface area (Å²) in [6.07, 6.45) is 4.24. The summed E-state index contributed by atoms with van der Waals surface area (Å²) in [7, 11) is 0. The molecule has 1 saturated heterocycles. The monoisotopic (exact) mass is 164 g/mol. The second-order valence-corrected chi connectivity index (χ2v) is 2.49. The molecule has 0 aromatic carbocycles. The van der Waals surface area contributed by atoms with Crippen molar-refractivity contribution in [2.75, 3.05) is 13.1 Å². The van der Waals surface area contributed by atoms with Gasteiger partial charge in [-0.15, -0.1) is 0 Å². The van der Waals surface area contributed by atoms with Crippen molar-refractivity contribution in [2.24, 2.45) is 0 Å². The van der Waals surface area contributed by atoms with Gasteiger partial charge in [-0.2, -0.15) is 0 Å². The Hall–Kier alpha value is -1.22. The number of aromatic nitrogens is 1. The number of pyridine rings is 1. The first-order valence-electron chi connectivity index (χ1n) is 3.97. The van der Waals surface area contributed by atoms with Crippen LogP contribution in [0.3, 0.4) is 0 Å². The summed E-state index contributed by atoms with van der Waals surface area (Å²) >= 11 is 0. The van der Waals surface area contributed by atoms with Gasteiger partial charge in [0.05, 0.1) is 6.54 Å². The lowest BCUT2D eigenvalue weighted by Crippen LogP contribution is -2.07. The smallest absolute Gasteiger partial charge is 0.147 e. The highest BCUT2D eigenvalue weighted by Crippen LogP contribution is 1.85. The van der Waals surface area contributed by atoms with Gasteiger partial charge in [-0.3, -0.25) is 9.78 Å². The highest BCUT2D eigenvalue weighted by Gasteiger charge is 2.06. The Morgan fingerprint density at radius 2 is 2.00 bits per heavy atom. The summed E-state index contributed by atoms with van der Waals surface area (Å²) in [6.45, 7) is 1.48. The molecule has 1 N–H and O–H groups in total. The number of carbonyl (C=O) groups is 1. The van der Waals surface area contributed by atoms with Crippen LogP contribution in [0.15, 0.2) is 30.6 Å². The number of hydrogen-bond acceptors (Lipinski definition) is 3. The standard InChI is InChI=1S/C5H5N.C4H7NO/c1-2-4-6-5-3-1;6-4-1-2-5-3-4/h1-5H;5H,1-3H2. The summed E-state index contributed by atoms with van der Waals surface area (Å²) in [5, 5.41) is 2.92. The lowest BCUT2D eigenvalue weighted by Gasteiger charge is -1.75. The average molecular weight is 164 g/mol. The minimum absolute atomic E-state index is 0.343. The van der Waals surface area contributed by atoms with Gasteiger partial charge in [0.1, 0.15) is 5.78 Å². The van der Waals surface area contributed by atoms with Crippen LogP contribution in [0.4, 0.5) is 0 Å². The second kappa shape index (κ2) is 5.43. The molecule has 1 aromatic rings. The number of nitrogens with one attached hydrogen (secondary N) is 1. The molecule has 0 spiro atoms. The zero-order valence-corrected chi connectivity index (χ0v) is 6.86. The molecule has 3 heteroatoms. The molecular weight excluding hydrogens is 152 g/mol. The molecule has 1 fully saturated rings. The molecule has 64 valence electrons. The highest BCUT2D eigenvalue weighted by atomic mass is 16.1. The van der Waals surface area contributed by atoms with Crippen LogP contribution in [0.1, 0.15) is 6.42 Å². The molecule has 2 heterocycles. The van der Waals surface area contributed by atoms with Crippen molar-refractivity contribution in [3.05, 3.63) is 30.6 Å². The Kier molecular flexibility index (Phi) is 4.02. The van der Waals surface area contributed by atoms with Gasteiger partial charge in [-0.1, -0.05) is 6.07 Å². The minimum Gasteiger partial charge on any atom is -0.310 e. The molecule has 1 aliphatic heterocycles. The normalized spacial score (nSPS) is 15.2. The maximum absolute atomic E-state index is 10.2. The third-order valence-corrected chi connectivity index (χ3v) is 1.47. The van der Waals surface area contributed by atoms with Crippen molar-refractivity contribution in [3.63, 3.8) is 0 Å². The van der Waals surface area contributed by atoms with Crippen LogP contribution in [-0.2, 0) is 4.79 Å². The fourth-order valence-corrected chi connectivity index (χ4v) is 0.857. The van der Waals surface area contributed by atoms with Gasteiger partial charge in [0, 0.05) is 25.4 Å². The predicted molar refractivity (Wildman–Crippen MR) is 46.7 cm³/mol. The third kappa shape index (κ3) is 3.83. The van der Waals surface area contributed by atoms with Gasteiger partial charge < -0.3 is 5.32 Å². The van der Waals surface area contributed by atoms with Gasteiger partial charge in [0.15, 0.2) is 0 Å². The zero-order valence-electron chi connectivity index (χ0n) is 6.86. The molecule has 0 bridgehead atoms. The number of ketones is 1. The first-order chi connectivity index (χ1) is 5.89. The van der Waals surface area contributed by atoms with E-state index >= 15 is 0 Å². The van der Waals surface area contributed by atoms with E-state index in [1.165, 1.54) is 0 Å². The van der Waals surface area contributed by atoms with Gasteiger partial charge in [-0.25, -0.2) is 0 Å². The van der Waals surface area contributed by atoms with Crippen molar-refractivity contribution in [1.29, 1.82) is 0 Å². The van der Waals surface area contributed by atoms with E-state index in [1.807, 2.05) is 18.2 Å². The molecule has 1 aromatic heterocycles. The van der Waals surface area contributed by atoms with E-state index in [1.54, 1.807) is 12.4 Å². The molecule has 0 atom stereocenters. The molecule has 0 unspecified atom stereocenters. The maximum Gasteiger partial charge on any atom is 0.147 e. The number of rotatable bonds is 0. The second-order valence-electron chi connectivity index (χ2n) is 2.49. The third-order valence-electron chi connectivity index (χ3n) is 1.47. The summed E-state index contributed by atoms with van der Waals surface area (Å²) in [4.78, 5) is 14.0. The van der Waals surface area contributed by atoms with Crippen LogP contribution in [0.5, 0.6) is 0 Å². The quantitative estimate of drug-likeness (QED) is 0.611. The van der Waals surface area contributed by atoms with Crippen molar-refractivity contribution in [1.82, 2.24) is 10.3 Å². The zero-order chi connectivity index (χ0) is 8.65. The summed E-state index contributed by atoms with van der Waals surface area (Å²) in [5.41, 5.74) is 0. The Bertz CT molecular complexity index is 189. The molecule has 0 radical (unpaired) electrons. The van der Waals surface area contributed by atoms with Crippen LogP contribution in [0.2, 0.25) is 0 Å². The number of Topliss-reactive ketones (excluding diaryl/α,β-unsaturated/α-hetero) is 1. The fraction of sp³-hybridized carbons (Fsp3) is 0.333. The highest BCUT2D eigenvalue weighted by molar-refractivity contribution is 5.82. The van der Waals surface area contributed by atoms with E-state index in [9.17, 15) is 4.79 Å².